The average molecular weight is 386 g/mol. The molecule has 1 atom stereocenters. The standard InChI is InChI=1S/C17H21F3N4O3/c1-10(2)14-23-13(27-24-14)8-9-22-15(25)16(21,17(18,19)20)11-6-4-5-7-12(11)26-3/h4-7,10H,8-9,21H2,1-3H3,(H,22,25)/t16-/m0/s1. The molecule has 0 bridgehead atoms. The number of aromatic nitrogens is 2. The van der Waals surface area contributed by atoms with Gasteiger partial charge in [-0.25, -0.2) is 0 Å². The van der Waals surface area contributed by atoms with Crippen LogP contribution in [0.3, 0.4) is 0 Å². The maximum atomic E-state index is 13.7. The van der Waals surface area contributed by atoms with Gasteiger partial charge in [-0.1, -0.05) is 37.2 Å². The van der Waals surface area contributed by atoms with Gasteiger partial charge in [-0.2, -0.15) is 18.2 Å². The number of nitrogens with zero attached hydrogens (tertiary/aromatic N) is 2. The second kappa shape index (κ2) is 7.95. The molecule has 0 aliphatic heterocycles. The van der Waals surface area contributed by atoms with Crippen molar-refractivity contribution in [3.63, 3.8) is 0 Å². The summed E-state index contributed by atoms with van der Waals surface area (Å²) < 4.78 is 51.1. The molecule has 0 unspecified atom stereocenters. The van der Waals surface area contributed by atoms with Crippen molar-refractivity contribution in [1.29, 1.82) is 0 Å². The maximum absolute atomic E-state index is 13.7. The first kappa shape index (κ1) is 20.7. The quantitative estimate of drug-likeness (QED) is 0.757. The van der Waals surface area contributed by atoms with E-state index in [1.54, 1.807) is 0 Å². The number of rotatable bonds is 7. The van der Waals surface area contributed by atoms with Crippen molar-refractivity contribution in [3.05, 3.63) is 41.5 Å². The van der Waals surface area contributed by atoms with Crippen molar-refractivity contribution in [2.24, 2.45) is 5.73 Å². The SMILES string of the molecule is COc1ccccc1[C@](N)(C(=O)NCCc1nc(C(C)C)no1)C(F)(F)F. The monoisotopic (exact) mass is 386 g/mol. The van der Waals surface area contributed by atoms with E-state index in [1.165, 1.54) is 25.3 Å². The first-order chi connectivity index (χ1) is 12.6. The van der Waals surface area contributed by atoms with Crippen LogP contribution in [0, 0.1) is 0 Å². The lowest BCUT2D eigenvalue weighted by atomic mass is 9.88. The zero-order valence-electron chi connectivity index (χ0n) is 15.1. The Kier molecular flexibility index (Phi) is 6.09. The second-order valence-electron chi connectivity index (χ2n) is 6.21. The molecule has 1 amide bonds. The van der Waals surface area contributed by atoms with Crippen molar-refractivity contribution in [2.75, 3.05) is 13.7 Å². The molecule has 1 aromatic carbocycles. The Morgan fingerprint density at radius 2 is 2.00 bits per heavy atom. The minimum Gasteiger partial charge on any atom is -0.496 e. The minimum absolute atomic E-state index is 0.0459. The Morgan fingerprint density at radius 3 is 2.56 bits per heavy atom. The molecule has 2 rings (SSSR count). The van der Waals surface area contributed by atoms with Crippen LogP contribution in [0.15, 0.2) is 28.8 Å². The highest BCUT2D eigenvalue weighted by Gasteiger charge is 2.60. The highest BCUT2D eigenvalue weighted by atomic mass is 19.4. The smallest absolute Gasteiger partial charge is 0.419 e. The number of nitrogens with two attached hydrogens (primary N) is 1. The fourth-order valence-corrected chi connectivity index (χ4v) is 2.40. The number of hydrogen-bond donors (Lipinski definition) is 2. The van der Waals surface area contributed by atoms with E-state index in [1.807, 2.05) is 13.8 Å². The molecule has 10 heteroatoms. The number of nitrogens with one attached hydrogen (secondary N) is 1. The Morgan fingerprint density at radius 1 is 1.33 bits per heavy atom. The molecule has 2 aromatic rings. The van der Waals surface area contributed by atoms with Gasteiger partial charge in [-0.15, -0.1) is 0 Å². The number of halogens is 3. The van der Waals surface area contributed by atoms with E-state index in [0.29, 0.717) is 5.82 Å². The van der Waals surface area contributed by atoms with Crippen molar-refractivity contribution in [1.82, 2.24) is 15.5 Å². The molecule has 1 heterocycles. The first-order valence-electron chi connectivity index (χ1n) is 8.21. The predicted octanol–water partition coefficient (Wildman–Crippen LogP) is 2.28. The molecule has 0 saturated heterocycles. The van der Waals surface area contributed by atoms with E-state index in [0.717, 1.165) is 6.07 Å². The number of carbonyl (C=O) groups excluding carboxylic acids is 1. The number of benzene rings is 1. The van der Waals surface area contributed by atoms with Gasteiger partial charge in [0.2, 0.25) is 11.4 Å². The van der Waals surface area contributed by atoms with Crippen LogP contribution in [-0.2, 0) is 16.8 Å². The first-order valence-corrected chi connectivity index (χ1v) is 8.21. The lowest BCUT2D eigenvalue weighted by Gasteiger charge is -2.31. The topological polar surface area (TPSA) is 103 Å². The molecule has 0 aliphatic rings. The van der Waals surface area contributed by atoms with Crippen LogP contribution >= 0.6 is 0 Å². The maximum Gasteiger partial charge on any atom is 0.419 e. The number of alkyl halides is 3. The zero-order valence-corrected chi connectivity index (χ0v) is 15.1. The van der Waals surface area contributed by atoms with Crippen LogP contribution < -0.4 is 15.8 Å². The van der Waals surface area contributed by atoms with Crippen LogP contribution in [0.5, 0.6) is 5.75 Å². The molecular formula is C17H21F3N4O3. The molecule has 0 saturated carbocycles. The zero-order chi connectivity index (χ0) is 20.2. The summed E-state index contributed by atoms with van der Waals surface area (Å²) in [5, 5.41) is 5.95. The van der Waals surface area contributed by atoms with Gasteiger partial charge in [-0.3, -0.25) is 4.79 Å². The molecule has 3 N–H and O–H groups in total. The van der Waals surface area contributed by atoms with Gasteiger partial charge in [0, 0.05) is 24.4 Å². The largest absolute Gasteiger partial charge is 0.496 e. The molecule has 0 fully saturated rings. The van der Waals surface area contributed by atoms with E-state index in [2.05, 4.69) is 15.5 Å². The molecule has 148 valence electrons. The minimum atomic E-state index is -5.04. The molecule has 27 heavy (non-hydrogen) atoms. The fraction of sp³-hybridized carbons (Fsp3) is 0.471. The Balaban J connectivity index is 2.18. The summed E-state index contributed by atoms with van der Waals surface area (Å²) >= 11 is 0. The van der Waals surface area contributed by atoms with Crippen LogP contribution in [0.25, 0.3) is 0 Å². The molecule has 0 radical (unpaired) electrons. The summed E-state index contributed by atoms with van der Waals surface area (Å²) in [5.41, 5.74) is 1.83. The van der Waals surface area contributed by atoms with Gasteiger partial charge in [0.05, 0.1) is 7.11 Å². The Hall–Kier alpha value is -2.62. The van der Waals surface area contributed by atoms with Crippen molar-refractivity contribution in [2.45, 2.75) is 37.9 Å². The summed E-state index contributed by atoms with van der Waals surface area (Å²) in [6.45, 7) is 3.59. The van der Waals surface area contributed by atoms with Gasteiger partial charge in [0.15, 0.2) is 5.82 Å². The Labute approximate surface area is 154 Å². The fourth-order valence-electron chi connectivity index (χ4n) is 2.40. The lowest BCUT2D eigenvalue weighted by Crippen LogP contribution is -2.61. The number of ether oxygens (including phenoxy) is 1. The van der Waals surface area contributed by atoms with Gasteiger partial charge in [0.1, 0.15) is 5.75 Å². The van der Waals surface area contributed by atoms with E-state index in [4.69, 9.17) is 15.0 Å². The summed E-state index contributed by atoms with van der Waals surface area (Å²) in [5.74, 6) is -0.793. The molecule has 0 spiro atoms. The summed E-state index contributed by atoms with van der Waals surface area (Å²) in [6, 6.07) is 5.25. The molecule has 7 nitrogen and oxygen atoms in total. The van der Waals surface area contributed by atoms with E-state index >= 15 is 0 Å². The molecule has 0 aliphatic carbocycles. The summed E-state index contributed by atoms with van der Waals surface area (Å²) in [6.07, 6.45) is -4.97. The van der Waals surface area contributed by atoms with E-state index < -0.39 is 23.2 Å². The number of para-hydroxylation sites is 1. The van der Waals surface area contributed by atoms with Crippen LogP contribution in [-0.4, -0.2) is 35.9 Å². The van der Waals surface area contributed by atoms with Gasteiger partial charge in [0.25, 0.3) is 5.91 Å². The number of carbonyl (C=O) groups is 1. The molecule has 1 aromatic heterocycles. The third-order valence-electron chi connectivity index (χ3n) is 3.96. The average Bonchev–Trinajstić information content (AvgIpc) is 3.09. The Bertz CT molecular complexity index is 792. The summed E-state index contributed by atoms with van der Waals surface area (Å²) in [4.78, 5) is 16.5. The number of amides is 1. The number of methoxy groups -OCH3 is 1. The van der Waals surface area contributed by atoms with Gasteiger partial charge < -0.3 is 20.3 Å². The van der Waals surface area contributed by atoms with Crippen molar-refractivity contribution in [3.8, 4) is 5.75 Å². The molecular weight excluding hydrogens is 365 g/mol. The normalized spacial score (nSPS) is 14.1. The van der Waals surface area contributed by atoms with Gasteiger partial charge >= 0.3 is 6.18 Å². The third kappa shape index (κ3) is 4.21. The van der Waals surface area contributed by atoms with E-state index in [-0.39, 0.29) is 30.5 Å². The van der Waals surface area contributed by atoms with Crippen LogP contribution in [0.1, 0.15) is 37.0 Å². The van der Waals surface area contributed by atoms with Gasteiger partial charge in [-0.05, 0) is 6.07 Å². The summed E-state index contributed by atoms with van der Waals surface area (Å²) in [7, 11) is 1.20. The lowest BCUT2D eigenvalue weighted by molar-refractivity contribution is -0.194. The van der Waals surface area contributed by atoms with E-state index in [9.17, 15) is 18.0 Å². The van der Waals surface area contributed by atoms with Crippen molar-refractivity contribution < 1.29 is 27.2 Å². The predicted molar refractivity (Wildman–Crippen MR) is 90.0 cm³/mol. The van der Waals surface area contributed by atoms with Crippen molar-refractivity contribution >= 4 is 5.91 Å². The third-order valence-corrected chi connectivity index (χ3v) is 3.96. The number of hydrogen-bond acceptors (Lipinski definition) is 6. The second-order valence-corrected chi connectivity index (χ2v) is 6.21. The highest BCUT2D eigenvalue weighted by Crippen LogP contribution is 2.40. The van der Waals surface area contributed by atoms with Crippen LogP contribution in [0.4, 0.5) is 13.2 Å². The highest BCUT2D eigenvalue weighted by molar-refractivity contribution is 5.89. The van der Waals surface area contributed by atoms with Crippen LogP contribution in [0.2, 0.25) is 0 Å².